The van der Waals surface area contributed by atoms with E-state index in [2.05, 4.69) is 0 Å². The van der Waals surface area contributed by atoms with Crippen LogP contribution in [0.15, 0.2) is 0 Å². The van der Waals surface area contributed by atoms with E-state index in [0.717, 1.165) is 0 Å². The van der Waals surface area contributed by atoms with Gasteiger partial charge in [0.25, 0.3) is 0 Å². The molecule has 2 nitrogen and oxygen atoms in total. The maximum absolute atomic E-state index is 10.5. The molecule has 0 unspecified atom stereocenters. The molecule has 0 aromatic rings. The maximum atomic E-state index is 10.5. The van der Waals surface area contributed by atoms with E-state index in [0.29, 0.717) is 12.3 Å². The first-order chi connectivity index (χ1) is 3.12. The topological polar surface area (TPSA) is 37.3 Å². The van der Waals surface area contributed by atoms with E-state index in [9.17, 15) is 4.57 Å². The van der Waals surface area contributed by atoms with Gasteiger partial charge in [0.05, 0.1) is 0 Å². The standard InChI is InChI=1S/C4H11O2P.K.H/c1-3-7(5,6)4-2;;/h3-4H2,1-2H3,(H,5,6);;/q;+1;-1. The van der Waals surface area contributed by atoms with Crippen LogP contribution in [0.4, 0.5) is 0 Å². The molecule has 0 atom stereocenters. The molecule has 0 bridgehead atoms. The van der Waals surface area contributed by atoms with E-state index >= 15 is 0 Å². The van der Waals surface area contributed by atoms with Crippen LogP contribution >= 0.6 is 7.37 Å². The monoisotopic (exact) mass is 162 g/mol. The normalized spacial score (nSPS) is 10.4. The Hall–Kier alpha value is 1.83. The van der Waals surface area contributed by atoms with E-state index in [-0.39, 0.29) is 52.8 Å². The molecule has 0 aromatic carbocycles. The average Bonchev–Trinajstić information content (AvgIpc) is 1.68. The van der Waals surface area contributed by atoms with Gasteiger partial charge >= 0.3 is 51.4 Å². The fraction of sp³-hybridized carbons (Fsp3) is 1.00. The fourth-order valence-electron chi connectivity index (χ4n) is 0.224. The minimum Gasteiger partial charge on any atom is -1.00 e. The molecular weight excluding hydrogens is 150 g/mol. The molecule has 0 aromatic heterocycles. The third-order valence-electron chi connectivity index (χ3n) is 0.988. The van der Waals surface area contributed by atoms with Gasteiger partial charge in [-0.15, -0.1) is 0 Å². The van der Waals surface area contributed by atoms with Crippen molar-refractivity contribution in [3.05, 3.63) is 0 Å². The van der Waals surface area contributed by atoms with Crippen LogP contribution in [0.25, 0.3) is 0 Å². The van der Waals surface area contributed by atoms with Gasteiger partial charge in [-0.3, -0.25) is 4.57 Å². The number of rotatable bonds is 2. The van der Waals surface area contributed by atoms with Crippen molar-refractivity contribution in [2.24, 2.45) is 0 Å². The zero-order valence-electron chi connectivity index (χ0n) is 6.72. The molecule has 46 valence electrons. The van der Waals surface area contributed by atoms with Crippen LogP contribution in [-0.4, -0.2) is 17.2 Å². The second kappa shape index (κ2) is 5.60. The molecule has 0 saturated carbocycles. The molecule has 0 heterocycles. The first-order valence-corrected chi connectivity index (χ1v) is 4.46. The van der Waals surface area contributed by atoms with Gasteiger partial charge in [0.1, 0.15) is 0 Å². The van der Waals surface area contributed by atoms with Crippen LogP contribution in [0.5, 0.6) is 0 Å². The summed E-state index contributed by atoms with van der Waals surface area (Å²) in [5.41, 5.74) is 0. The predicted octanol–water partition coefficient (Wildman–Crippen LogP) is -1.59. The van der Waals surface area contributed by atoms with Gasteiger partial charge in [-0.25, -0.2) is 0 Å². The molecule has 8 heavy (non-hydrogen) atoms. The molecule has 0 radical (unpaired) electrons. The van der Waals surface area contributed by atoms with Gasteiger partial charge in [0, 0.05) is 12.3 Å². The van der Waals surface area contributed by atoms with Crippen molar-refractivity contribution in [2.75, 3.05) is 12.3 Å². The summed E-state index contributed by atoms with van der Waals surface area (Å²) in [6.45, 7) is 3.45. The van der Waals surface area contributed by atoms with Crippen LogP contribution in [-0.2, 0) is 4.57 Å². The van der Waals surface area contributed by atoms with E-state index in [1.54, 1.807) is 13.8 Å². The second-order valence-corrected chi connectivity index (χ2v) is 4.44. The largest absolute Gasteiger partial charge is 1.00 e. The van der Waals surface area contributed by atoms with Crippen molar-refractivity contribution in [1.29, 1.82) is 0 Å². The molecule has 0 saturated heterocycles. The van der Waals surface area contributed by atoms with Gasteiger partial charge < -0.3 is 6.32 Å². The summed E-state index contributed by atoms with van der Waals surface area (Å²) in [4.78, 5) is 8.69. The number of hydrogen-bond acceptors (Lipinski definition) is 1. The smallest absolute Gasteiger partial charge is 1.00 e. The Kier molecular flexibility index (Phi) is 8.75. The summed E-state index contributed by atoms with van der Waals surface area (Å²) in [5.74, 6) is 0. The minimum absolute atomic E-state index is 0. The summed E-state index contributed by atoms with van der Waals surface area (Å²) in [6, 6.07) is 0. The Morgan fingerprint density at radius 2 is 1.75 bits per heavy atom. The molecule has 4 heteroatoms. The Labute approximate surface area is 94.4 Å². The summed E-state index contributed by atoms with van der Waals surface area (Å²) in [7, 11) is -2.65. The van der Waals surface area contributed by atoms with Crippen LogP contribution in [0.2, 0.25) is 0 Å². The van der Waals surface area contributed by atoms with E-state index in [4.69, 9.17) is 4.89 Å². The molecule has 0 rings (SSSR count). The second-order valence-electron chi connectivity index (χ2n) is 1.48. The quantitative estimate of drug-likeness (QED) is 0.393. The van der Waals surface area contributed by atoms with Crippen molar-refractivity contribution >= 4 is 7.37 Å². The third-order valence-corrected chi connectivity index (χ3v) is 2.96. The SMILES string of the molecule is CCP(=O)(O)CC.[H-].[K+]. The zero-order chi connectivity index (χ0) is 5.91. The van der Waals surface area contributed by atoms with Gasteiger partial charge in [-0.05, 0) is 0 Å². The Bertz CT molecular complexity index is 90.6. The van der Waals surface area contributed by atoms with E-state index in [1.807, 2.05) is 0 Å². The van der Waals surface area contributed by atoms with Gasteiger partial charge in [0.2, 0.25) is 0 Å². The maximum Gasteiger partial charge on any atom is 1.00 e. The van der Waals surface area contributed by atoms with E-state index < -0.39 is 7.37 Å². The first-order valence-electron chi connectivity index (χ1n) is 2.43. The average molecular weight is 162 g/mol. The molecule has 0 aliphatic carbocycles. The summed E-state index contributed by atoms with van der Waals surface area (Å²) in [5, 5.41) is 0. The fourth-order valence-corrected chi connectivity index (χ4v) is 0.671. The molecule has 1 N–H and O–H groups in total. The Morgan fingerprint density at radius 3 is 1.75 bits per heavy atom. The van der Waals surface area contributed by atoms with Crippen molar-refractivity contribution in [3.63, 3.8) is 0 Å². The van der Waals surface area contributed by atoms with Crippen LogP contribution in [0.1, 0.15) is 15.3 Å². The molecule has 0 spiro atoms. The Morgan fingerprint density at radius 1 is 1.50 bits per heavy atom. The van der Waals surface area contributed by atoms with Gasteiger partial charge in [-0.1, -0.05) is 13.8 Å². The summed E-state index contributed by atoms with van der Waals surface area (Å²) in [6.07, 6.45) is 0.812. The van der Waals surface area contributed by atoms with Gasteiger partial charge in [0.15, 0.2) is 7.37 Å². The molecule has 0 aliphatic rings. The first kappa shape index (κ1) is 12.5. The van der Waals surface area contributed by atoms with Crippen molar-refractivity contribution in [1.82, 2.24) is 0 Å². The zero-order valence-corrected chi connectivity index (χ0v) is 9.73. The van der Waals surface area contributed by atoms with Crippen LogP contribution in [0.3, 0.4) is 0 Å². The summed E-state index contributed by atoms with van der Waals surface area (Å²) < 4.78 is 10.5. The van der Waals surface area contributed by atoms with Gasteiger partial charge in [-0.2, -0.15) is 0 Å². The van der Waals surface area contributed by atoms with Crippen molar-refractivity contribution in [2.45, 2.75) is 13.8 Å². The van der Waals surface area contributed by atoms with E-state index in [1.165, 1.54) is 0 Å². The molecule has 0 fully saturated rings. The molecule has 0 aliphatic heterocycles. The Balaban J connectivity index is -0.000000180. The summed E-state index contributed by atoms with van der Waals surface area (Å²) >= 11 is 0. The van der Waals surface area contributed by atoms with Crippen LogP contribution in [0, 0.1) is 0 Å². The molecular formula is C4H12KO2P. The number of hydrogen-bond donors (Lipinski definition) is 1. The molecule has 0 amide bonds. The van der Waals surface area contributed by atoms with Crippen molar-refractivity contribution in [3.8, 4) is 0 Å². The predicted molar refractivity (Wildman–Crippen MR) is 32.0 cm³/mol. The van der Waals surface area contributed by atoms with Crippen LogP contribution < -0.4 is 51.4 Å². The third kappa shape index (κ3) is 5.95. The minimum atomic E-state index is -2.65. The van der Waals surface area contributed by atoms with Crippen molar-refractivity contribution < 1.29 is 62.3 Å².